The number of ether oxygens (including phenoxy) is 4. The molecule has 3 N–H and O–H groups in total. The minimum atomic E-state index is -1.45. The number of rotatable bonds is 6. The predicted molar refractivity (Wildman–Crippen MR) is 126 cm³/mol. The Hall–Kier alpha value is -1.10. The number of ketones is 1. The van der Waals surface area contributed by atoms with E-state index >= 15 is 0 Å². The van der Waals surface area contributed by atoms with Crippen LogP contribution in [0.15, 0.2) is 0 Å². The molecule has 10 atom stereocenters. The average Bonchev–Trinajstić information content (AvgIpc) is 2.67. The van der Waals surface area contributed by atoms with Gasteiger partial charge in [0.2, 0.25) is 5.91 Å². The van der Waals surface area contributed by atoms with Gasteiger partial charge in [-0.05, 0) is 39.5 Å². The summed E-state index contributed by atoms with van der Waals surface area (Å²) >= 11 is 0. The van der Waals surface area contributed by atoms with Gasteiger partial charge in [0, 0.05) is 12.8 Å². The monoisotopic (exact) mass is 487 g/mol. The maximum absolute atomic E-state index is 12.4. The van der Waals surface area contributed by atoms with Crippen molar-refractivity contribution in [1.29, 1.82) is 0 Å². The fourth-order valence-corrected chi connectivity index (χ4v) is 4.89. The van der Waals surface area contributed by atoms with Gasteiger partial charge in [-0.3, -0.25) is 9.59 Å². The van der Waals surface area contributed by atoms with Gasteiger partial charge in [-0.15, -0.1) is 0 Å². The molecule has 0 spiro atoms. The Labute approximate surface area is 203 Å². The highest BCUT2D eigenvalue weighted by Gasteiger charge is 2.53. The number of hydrogen-bond donors (Lipinski definition) is 3. The topological polar surface area (TPSA) is 124 Å². The van der Waals surface area contributed by atoms with E-state index < -0.39 is 48.5 Å². The zero-order valence-corrected chi connectivity index (χ0v) is 22.3. The van der Waals surface area contributed by atoms with Crippen LogP contribution < -0.4 is 5.32 Å². The highest BCUT2D eigenvalue weighted by atomic mass is 16.7. The molecule has 2 saturated heterocycles. The van der Waals surface area contributed by atoms with Crippen LogP contribution in [0.3, 0.4) is 0 Å². The Morgan fingerprint density at radius 1 is 0.971 bits per heavy atom. The van der Waals surface area contributed by atoms with Crippen molar-refractivity contribution in [2.45, 2.75) is 136 Å². The van der Waals surface area contributed by atoms with Gasteiger partial charge in [0.15, 0.2) is 12.1 Å². The Morgan fingerprint density at radius 2 is 1.56 bits per heavy atom. The van der Waals surface area contributed by atoms with Crippen molar-refractivity contribution in [3.8, 4) is 0 Å². The molecule has 0 aromatic carbocycles. The lowest BCUT2D eigenvalue weighted by atomic mass is 9.76. The summed E-state index contributed by atoms with van der Waals surface area (Å²) in [6.07, 6.45) is -6.68. The van der Waals surface area contributed by atoms with Gasteiger partial charge in [0.25, 0.3) is 0 Å². The fraction of sp³-hybridized carbons (Fsp3) is 0.920. The zero-order valence-electron chi connectivity index (χ0n) is 22.3. The van der Waals surface area contributed by atoms with Gasteiger partial charge >= 0.3 is 0 Å². The van der Waals surface area contributed by atoms with Crippen LogP contribution in [0.2, 0.25) is 0 Å². The number of aliphatic hydroxyl groups is 2. The van der Waals surface area contributed by atoms with Crippen molar-refractivity contribution in [3.63, 3.8) is 0 Å². The number of Topliss-reactive ketones (excluding diaryl/α,β-unsaturated/α-hetero) is 1. The minimum Gasteiger partial charge on any atom is -0.387 e. The average molecular weight is 488 g/mol. The van der Waals surface area contributed by atoms with Gasteiger partial charge in [-0.1, -0.05) is 34.6 Å². The molecule has 34 heavy (non-hydrogen) atoms. The van der Waals surface area contributed by atoms with Gasteiger partial charge in [0.05, 0.1) is 30.0 Å². The molecule has 0 aliphatic carbocycles. The molecule has 0 saturated carbocycles. The van der Waals surface area contributed by atoms with Crippen molar-refractivity contribution in [2.24, 2.45) is 11.3 Å². The van der Waals surface area contributed by atoms with Crippen molar-refractivity contribution >= 4 is 11.7 Å². The highest BCUT2D eigenvalue weighted by Crippen LogP contribution is 2.39. The van der Waals surface area contributed by atoms with Gasteiger partial charge in [-0.25, -0.2) is 0 Å². The minimum absolute atomic E-state index is 0.148. The molecule has 2 aliphatic rings. The second-order valence-corrected chi connectivity index (χ2v) is 11.8. The summed E-state index contributed by atoms with van der Waals surface area (Å²) in [6.45, 7) is 18.3. The molecule has 0 aromatic heterocycles. The maximum atomic E-state index is 12.4. The summed E-state index contributed by atoms with van der Waals surface area (Å²) < 4.78 is 24.5. The lowest BCUT2D eigenvalue weighted by Crippen LogP contribution is -2.67. The smallest absolute Gasteiger partial charge is 0.217 e. The third-order valence-corrected chi connectivity index (χ3v) is 6.46. The molecule has 2 aliphatic heterocycles. The molecule has 2 fully saturated rings. The number of carbonyl (C=O) groups is 2. The number of amides is 1. The van der Waals surface area contributed by atoms with E-state index in [9.17, 15) is 19.8 Å². The molecule has 9 nitrogen and oxygen atoms in total. The number of nitrogens with one attached hydrogen (secondary N) is 1. The van der Waals surface area contributed by atoms with Crippen LogP contribution in [0, 0.1) is 11.3 Å². The molecule has 198 valence electrons. The first-order valence-electron chi connectivity index (χ1n) is 12.3. The maximum Gasteiger partial charge on any atom is 0.217 e. The number of hydrogen-bond acceptors (Lipinski definition) is 8. The zero-order chi connectivity index (χ0) is 26.2. The van der Waals surface area contributed by atoms with Crippen molar-refractivity contribution in [3.05, 3.63) is 0 Å². The van der Waals surface area contributed by atoms with Crippen molar-refractivity contribution < 1.29 is 38.7 Å². The molecule has 2 heterocycles. The van der Waals surface area contributed by atoms with E-state index in [2.05, 4.69) is 5.32 Å². The molecule has 1 amide bonds. The van der Waals surface area contributed by atoms with E-state index in [-0.39, 0.29) is 35.2 Å². The summed E-state index contributed by atoms with van der Waals surface area (Å²) in [5.41, 5.74) is -0.989. The molecular formula is C25H45NO8. The van der Waals surface area contributed by atoms with Gasteiger partial charge < -0.3 is 34.5 Å². The van der Waals surface area contributed by atoms with Crippen molar-refractivity contribution in [1.82, 2.24) is 5.32 Å². The summed E-state index contributed by atoms with van der Waals surface area (Å²) in [4.78, 5) is 24.5. The lowest BCUT2D eigenvalue weighted by Gasteiger charge is -2.52. The first-order valence-corrected chi connectivity index (χ1v) is 12.3. The van der Waals surface area contributed by atoms with E-state index in [1.807, 2.05) is 34.6 Å². The largest absolute Gasteiger partial charge is 0.387 e. The molecule has 0 bridgehead atoms. The Kier molecular flexibility index (Phi) is 9.33. The fourth-order valence-electron chi connectivity index (χ4n) is 4.89. The first kappa shape index (κ1) is 29.1. The molecule has 2 rings (SSSR count). The summed E-state index contributed by atoms with van der Waals surface area (Å²) in [7, 11) is 0. The number of carbonyl (C=O) groups excluding carboxylic acids is 2. The van der Waals surface area contributed by atoms with Crippen LogP contribution in [-0.4, -0.2) is 82.6 Å². The second-order valence-electron chi connectivity index (χ2n) is 11.8. The van der Waals surface area contributed by atoms with Crippen LogP contribution in [0.1, 0.15) is 75.7 Å². The standard InChI is InChI=1S/C25H45NO8/c1-11-15-12(2)19(16(26-14(4)28)22(31-15)24(5,6)7)32-23-18(30)17(29)21(34-25(8,9)10)20(33-23)13(3)27/h12,15-23,29-30H,11H2,1-10H3,(H,26,28). The van der Waals surface area contributed by atoms with E-state index in [4.69, 9.17) is 18.9 Å². The third-order valence-electron chi connectivity index (χ3n) is 6.46. The Bertz CT molecular complexity index is 715. The van der Waals surface area contributed by atoms with Gasteiger partial charge in [-0.2, -0.15) is 0 Å². The second kappa shape index (κ2) is 10.9. The third kappa shape index (κ3) is 6.77. The molecule has 9 heteroatoms. The quantitative estimate of drug-likeness (QED) is 0.520. The Balaban J connectivity index is 2.39. The van der Waals surface area contributed by atoms with Crippen LogP contribution >= 0.6 is 0 Å². The summed E-state index contributed by atoms with van der Waals surface area (Å²) in [5.74, 6) is -0.733. The summed E-state index contributed by atoms with van der Waals surface area (Å²) in [6, 6.07) is -0.525. The van der Waals surface area contributed by atoms with Crippen molar-refractivity contribution in [2.75, 3.05) is 0 Å². The molecule has 0 radical (unpaired) electrons. The lowest BCUT2D eigenvalue weighted by molar-refractivity contribution is -0.330. The van der Waals surface area contributed by atoms with E-state index in [0.717, 1.165) is 6.42 Å². The Morgan fingerprint density at radius 3 is 2.00 bits per heavy atom. The van der Waals surface area contributed by atoms with E-state index in [1.165, 1.54) is 13.8 Å². The van der Waals surface area contributed by atoms with E-state index in [1.54, 1.807) is 20.8 Å². The molecule has 10 unspecified atom stereocenters. The van der Waals surface area contributed by atoms with Crippen LogP contribution in [-0.2, 0) is 28.5 Å². The van der Waals surface area contributed by atoms with Gasteiger partial charge in [0.1, 0.15) is 24.4 Å². The molecule has 0 aromatic rings. The predicted octanol–water partition coefficient (Wildman–Crippen LogP) is 1.96. The first-order chi connectivity index (χ1) is 15.5. The normalized spacial score (nSPS) is 39.5. The van der Waals surface area contributed by atoms with Crippen LogP contribution in [0.4, 0.5) is 0 Å². The van der Waals surface area contributed by atoms with Crippen LogP contribution in [0.25, 0.3) is 0 Å². The summed E-state index contributed by atoms with van der Waals surface area (Å²) in [5, 5.41) is 24.8. The SMILES string of the molecule is CCC1OC(C(C)(C)C)C(NC(C)=O)C(OC2OC(C(C)=O)C(OC(C)(C)C)C(O)C2O)C1C. The number of aliphatic hydroxyl groups excluding tert-OH is 2. The molecular weight excluding hydrogens is 442 g/mol. The van der Waals surface area contributed by atoms with Crippen LogP contribution in [0.5, 0.6) is 0 Å². The highest BCUT2D eigenvalue weighted by molar-refractivity contribution is 5.81. The van der Waals surface area contributed by atoms with E-state index in [0.29, 0.717) is 0 Å².